The molecule has 1 unspecified atom stereocenters. The molecule has 0 aliphatic carbocycles. The van der Waals surface area contributed by atoms with Crippen LogP contribution in [0.25, 0.3) is 0 Å². The predicted molar refractivity (Wildman–Crippen MR) is 50.1 cm³/mol. The number of methoxy groups -OCH3 is 1. The van der Waals surface area contributed by atoms with Gasteiger partial charge in [0.1, 0.15) is 5.75 Å². The molecule has 0 aliphatic rings. The molecule has 0 amide bonds. The zero-order valence-electron chi connectivity index (χ0n) is 8.02. The fourth-order valence-electron chi connectivity index (χ4n) is 1.13. The Morgan fingerprint density at radius 2 is 2.14 bits per heavy atom. The van der Waals surface area contributed by atoms with Crippen molar-refractivity contribution in [2.45, 2.75) is 12.5 Å². The lowest BCUT2D eigenvalue weighted by Crippen LogP contribution is -2.34. The first kappa shape index (κ1) is 10.5. The van der Waals surface area contributed by atoms with Crippen molar-refractivity contribution in [2.75, 3.05) is 7.11 Å². The van der Waals surface area contributed by atoms with E-state index in [1.54, 1.807) is 12.1 Å². The van der Waals surface area contributed by atoms with E-state index in [0.717, 1.165) is 0 Å². The second-order valence-electron chi connectivity index (χ2n) is 3.09. The highest BCUT2D eigenvalue weighted by atomic mass is 16.5. The van der Waals surface area contributed by atoms with Crippen LogP contribution in [0, 0.1) is 0 Å². The number of benzene rings is 1. The molecule has 0 heterocycles. The van der Waals surface area contributed by atoms with Gasteiger partial charge in [-0.1, -0.05) is 12.1 Å². The van der Waals surface area contributed by atoms with E-state index >= 15 is 0 Å². The van der Waals surface area contributed by atoms with Crippen molar-refractivity contribution in [2.24, 2.45) is 0 Å². The zero-order chi connectivity index (χ0) is 10.8. The summed E-state index contributed by atoms with van der Waals surface area (Å²) in [4.78, 5) is 11.0. The number of phenolic OH excluding ortho intramolecular Hbond substituents is 1. The maximum absolute atomic E-state index is 11.0. The molecule has 1 rings (SSSR count). The molecule has 4 nitrogen and oxygen atoms in total. The Bertz CT molecular complexity index is 348. The van der Waals surface area contributed by atoms with Gasteiger partial charge in [-0.05, 0) is 24.6 Å². The lowest BCUT2D eigenvalue weighted by atomic mass is 9.96. The van der Waals surface area contributed by atoms with Gasteiger partial charge in [-0.3, -0.25) is 0 Å². The summed E-state index contributed by atoms with van der Waals surface area (Å²) >= 11 is 0. The number of phenols is 1. The van der Waals surface area contributed by atoms with Crippen LogP contribution < -0.4 is 0 Å². The smallest absolute Gasteiger partial charge is 0.340 e. The number of carboxylic acids is 1. The lowest BCUT2D eigenvalue weighted by Gasteiger charge is -2.23. The molecule has 76 valence electrons. The molecule has 4 heteroatoms. The summed E-state index contributed by atoms with van der Waals surface area (Å²) in [5.74, 6) is -1.07. The van der Waals surface area contributed by atoms with E-state index < -0.39 is 11.6 Å². The zero-order valence-corrected chi connectivity index (χ0v) is 8.02. The summed E-state index contributed by atoms with van der Waals surface area (Å²) in [5.41, 5.74) is -1.01. The van der Waals surface area contributed by atoms with E-state index in [1.165, 1.54) is 26.2 Å². The van der Waals surface area contributed by atoms with Crippen LogP contribution >= 0.6 is 0 Å². The highest BCUT2D eigenvalue weighted by Gasteiger charge is 2.35. The van der Waals surface area contributed by atoms with Gasteiger partial charge in [-0.25, -0.2) is 4.79 Å². The standard InChI is InChI=1S/C10H12O4/c1-10(14-2,9(12)13)7-4-3-5-8(11)6-7/h3-6,11H,1-2H3,(H,12,13). The van der Waals surface area contributed by atoms with Gasteiger partial charge >= 0.3 is 5.97 Å². The molecule has 1 atom stereocenters. The Morgan fingerprint density at radius 3 is 2.57 bits per heavy atom. The molecule has 0 aliphatic heterocycles. The Hall–Kier alpha value is -1.55. The first-order valence-electron chi connectivity index (χ1n) is 4.09. The van der Waals surface area contributed by atoms with Gasteiger partial charge in [0.25, 0.3) is 0 Å². The first-order valence-corrected chi connectivity index (χ1v) is 4.09. The lowest BCUT2D eigenvalue weighted by molar-refractivity contribution is -0.161. The van der Waals surface area contributed by atoms with Crippen LogP contribution in [0.15, 0.2) is 24.3 Å². The fraction of sp³-hybridized carbons (Fsp3) is 0.300. The van der Waals surface area contributed by atoms with E-state index in [4.69, 9.17) is 9.84 Å². The minimum absolute atomic E-state index is 0.0204. The number of hydrogen-bond acceptors (Lipinski definition) is 3. The average Bonchev–Trinajstić information content (AvgIpc) is 2.16. The van der Waals surface area contributed by atoms with Crippen molar-refractivity contribution in [1.29, 1.82) is 0 Å². The summed E-state index contributed by atoms with van der Waals surface area (Å²) in [6.07, 6.45) is 0. The van der Waals surface area contributed by atoms with Crippen LogP contribution in [0.1, 0.15) is 12.5 Å². The number of hydrogen-bond donors (Lipinski definition) is 2. The van der Waals surface area contributed by atoms with Crippen molar-refractivity contribution in [3.63, 3.8) is 0 Å². The molecule has 0 saturated heterocycles. The minimum Gasteiger partial charge on any atom is -0.508 e. The van der Waals surface area contributed by atoms with E-state index in [0.29, 0.717) is 5.56 Å². The van der Waals surface area contributed by atoms with Gasteiger partial charge in [-0.2, -0.15) is 0 Å². The van der Waals surface area contributed by atoms with Gasteiger partial charge in [0.05, 0.1) is 0 Å². The molecule has 14 heavy (non-hydrogen) atoms. The maximum Gasteiger partial charge on any atom is 0.340 e. The van der Waals surface area contributed by atoms with Gasteiger partial charge in [0.2, 0.25) is 0 Å². The SMILES string of the molecule is COC(C)(C(=O)O)c1cccc(O)c1. The molecular formula is C10H12O4. The van der Waals surface area contributed by atoms with Crippen LogP contribution in [0.2, 0.25) is 0 Å². The highest BCUT2D eigenvalue weighted by Crippen LogP contribution is 2.27. The summed E-state index contributed by atoms with van der Waals surface area (Å²) in [7, 11) is 1.32. The Labute approximate surface area is 81.8 Å². The van der Waals surface area contributed by atoms with Crippen molar-refractivity contribution in [3.05, 3.63) is 29.8 Å². The number of carbonyl (C=O) groups is 1. The van der Waals surface area contributed by atoms with Crippen molar-refractivity contribution < 1.29 is 19.7 Å². The molecule has 0 radical (unpaired) electrons. The predicted octanol–water partition coefficient (Wildman–Crippen LogP) is 1.34. The number of ether oxygens (including phenoxy) is 1. The van der Waals surface area contributed by atoms with Crippen LogP contribution in [-0.4, -0.2) is 23.3 Å². The molecule has 0 saturated carbocycles. The van der Waals surface area contributed by atoms with Gasteiger partial charge in [-0.15, -0.1) is 0 Å². The van der Waals surface area contributed by atoms with E-state index in [-0.39, 0.29) is 5.75 Å². The van der Waals surface area contributed by atoms with Crippen LogP contribution in [0.4, 0.5) is 0 Å². The quantitative estimate of drug-likeness (QED) is 0.765. The minimum atomic E-state index is -1.42. The molecule has 1 aromatic rings. The van der Waals surface area contributed by atoms with E-state index in [1.807, 2.05) is 0 Å². The third-order valence-electron chi connectivity index (χ3n) is 2.21. The Morgan fingerprint density at radius 1 is 1.50 bits per heavy atom. The second kappa shape index (κ2) is 3.67. The molecule has 1 aromatic carbocycles. The van der Waals surface area contributed by atoms with Crippen molar-refractivity contribution in [1.82, 2.24) is 0 Å². The average molecular weight is 196 g/mol. The maximum atomic E-state index is 11.0. The normalized spacial score (nSPS) is 14.7. The Balaban J connectivity index is 3.19. The highest BCUT2D eigenvalue weighted by molar-refractivity contribution is 5.79. The van der Waals surface area contributed by atoms with Gasteiger partial charge < -0.3 is 14.9 Å². The second-order valence-corrected chi connectivity index (χ2v) is 3.09. The van der Waals surface area contributed by atoms with Crippen molar-refractivity contribution >= 4 is 5.97 Å². The fourth-order valence-corrected chi connectivity index (χ4v) is 1.13. The van der Waals surface area contributed by atoms with E-state index in [9.17, 15) is 9.90 Å². The van der Waals surface area contributed by atoms with Crippen LogP contribution in [0.3, 0.4) is 0 Å². The van der Waals surface area contributed by atoms with E-state index in [2.05, 4.69) is 0 Å². The summed E-state index contributed by atoms with van der Waals surface area (Å²) < 4.78 is 4.93. The first-order chi connectivity index (χ1) is 6.50. The number of aromatic hydroxyl groups is 1. The molecule has 0 aromatic heterocycles. The molecular weight excluding hydrogens is 184 g/mol. The number of rotatable bonds is 3. The molecule has 2 N–H and O–H groups in total. The van der Waals surface area contributed by atoms with Crippen LogP contribution in [-0.2, 0) is 15.1 Å². The number of aliphatic carboxylic acids is 1. The monoisotopic (exact) mass is 196 g/mol. The van der Waals surface area contributed by atoms with Gasteiger partial charge in [0.15, 0.2) is 5.60 Å². The largest absolute Gasteiger partial charge is 0.508 e. The third kappa shape index (κ3) is 1.70. The summed E-state index contributed by atoms with van der Waals surface area (Å²) in [6, 6.07) is 6.02. The molecule has 0 spiro atoms. The third-order valence-corrected chi connectivity index (χ3v) is 2.21. The van der Waals surface area contributed by atoms with Gasteiger partial charge in [0, 0.05) is 7.11 Å². The molecule has 0 bridgehead atoms. The van der Waals surface area contributed by atoms with Crippen LogP contribution in [0.5, 0.6) is 5.75 Å². The Kier molecular flexibility index (Phi) is 2.76. The topological polar surface area (TPSA) is 66.8 Å². The summed E-state index contributed by atoms with van der Waals surface area (Å²) in [5, 5.41) is 18.2. The summed E-state index contributed by atoms with van der Waals surface area (Å²) in [6.45, 7) is 1.43. The number of carboxylic acid groups (broad SMARTS) is 1. The van der Waals surface area contributed by atoms with Crippen molar-refractivity contribution in [3.8, 4) is 5.75 Å². The molecule has 0 fully saturated rings.